The molecule has 0 aromatic heterocycles. The van der Waals surface area contributed by atoms with E-state index in [1.165, 1.54) is 38.5 Å². The van der Waals surface area contributed by atoms with Gasteiger partial charge < -0.3 is 14.8 Å². The van der Waals surface area contributed by atoms with Crippen LogP contribution in [-0.2, 0) is 14.3 Å². The molecule has 0 aliphatic carbocycles. The first kappa shape index (κ1) is 25.7. The predicted molar refractivity (Wildman–Crippen MR) is 111 cm³/mol. The SMILES string of the molecule is CCCCCCC(CCCCCC)OC(=O)CCCNC(=O)OC(C)(C)C. The summed E-state index contributed by atoms with van der Waals surface area (Å²) in [6.45, 7) is 10.3. The minimum Gasteiger partial charge on any atom is -0.462 e. The van der Waals surface area contributed by atoms with Crippen LogP contribution in [-0.4, -0.2) is 30.3 Å². The number of unbranched alkanes of at least 4 members (excludes halogenated alkanes) is 6. The number of nitrogens with one attached hydrogen (secondary N) is 1. The van der Waals surface area contributed by atoms with Gasteiger partial charge in [-0.3, -0.25) is 4.79 Å². The van der Waals surface area contributed by atoms with E-state index >= 15 is 0 Å². The van der Waals surface area contributed by atoms with Gasteiger partial charge in [0.2, 0.25) is 0 Å². The lowest BCUT2D eigenvalue weighted by Crippen LogP contribution is -2.33. The minimum atomic E-state index is -0.508. The molecule has 160 valence electrons. The van der Waals surface area contributed by atoms with Crippen molar-refractivity contribution < 1.29 is 19.1 Å². The second-order valence-electron chi connectivity index (χ2n) is 8.34. The molecule has 0 aliphatic rings. The van der Waals surface area contributed by atoms with Crippen molar-refractivity contribution in [3.8, 4) is 0 Å². The van der Waals surface area contributed by atoms with Crippen LogP contribution in [0.25, 0.3) is 0 Å². The number of ether oxygens (including phenoxy) is 2. The van der Waals surface area contributed by atoms with E-state index in [9.17, 15) is 9.59 Å². The van der Waals surface area contributed by atoms with E-state index in [1.54, 1.807) is 0 Å². The Kier molecular flexibility index (Phi) is 15.0. The summed E-state index contributed by atoms with van der Waals surface area (Å²) in [7, 11) is 0. The zero-order valence-corrected chi connectivity index (χ0v) is 18.4. The molecular formula is C22H43NO4. The molecule has 0 saturated carbocycles. The average molecular weight is 386 g/mol. The Balaban J connectivity index is 4.07. The molecule has 0 aromatic rings. The Morgan fingerprint density at radius 2 is 1.41 bits per heavy atom. The number of amides is 1. The zero-order valence-electron chi connectivity index (χ0n) is 18.4. The summed E-state index contributed by atoms with van der Waals surface area (Å²) < 4.78 is 10.9. The van der Waals surface area contributed by atoms with Gasteiger partial charge in [0.15, 0.2) is 0 Å². The maximum Gasteiger partial charge on any atom is 0.407 e. The highest BCUT2D eigenvalue weighted by molar-refractivity contribution is 5.70. The largest absolute Gasteiger partial charge is 0.462 e. The summed E-state index contributed by atoms with van der Waals surface area (Å²) in [5, 5.41) is 2.68. The van der Waals surface area contributed by atoms with Gasteiger partial charge in [-0.2, -0.15) is 0 Å². The summed E-state index contributed by atoms with van der Waals surface area (Å²) in [5.74, 6) is -0.156. The fourth-order valence-corrected chi connectivity index (χ4v) is 2.84. The molecule has 5 nitrogen and oxygen atoms in total. The van der Waals surface area contributed by atoms with E-state index in [1.807, 2.05) is 20.8 Å². The third kappa shape index (κ3) is 17.9. The number of esters is 1. The van der Waals surface area contributed by atoms with E-state index in [0.29, 0.717) is 19.4 Å². The molecule has 0 saturated heterocycles. The summed E-state index contributed by atoms with van der Waals surface area (Å²) in [6.07, 6.45) is 12.0. The van der Waals surface area contributed by atoms with Crippen LogP contribution < -0.4 is 5.32 Å². The van der Waals surface area contributed by atoms with E-state index in [0.717, 1.165) is 25.7 Å². The maximum atomic E-state index is 12.1. The van der Waals surface area contributed by atoms with Crippen LogP contribution in [0, 0.1) is 0 Å². The van der Waals surface area contributed by atoms with Crippen molar-refractivity contribution in [1.82, 2.24) is 5.32 Å². The van der Waals surface area contributed by atoms with Crippen molar-refractivity contribution >= 4 is 12.1 Å². The number of carbonyl (C=O) groups is 2. The van der Waals surface area contributed by atoms with Crippen LogP contribution in [0.1, 0.15) is 112 Å². The van der Waals surface area contributed by atoms with Gasteiger partial charge in [-0.1, -0.05) is 52.4 Å². The number of rotatable bonds is 15. The Hall–Kier alpha value is -1.26. The Labute approximate surface area is 167 Å². The molecule has 1 N–H and O–H groups in total. The second kappa shape index (κ2) is 15.8. The lowest BCUT2D eigenvalue weighted by molar-refractivity contribution is -0.150. The van der Waals surface area contributed by atoms with Gasteiger partial charge in [-0.05, 0) is 52.9 Å². The van der Waals surface area contributed by atoms with Gasteiger partial charge in [0, 0.05) is 13.0 Å². The molecule has 1 amide bonds. The van der Waals surface area contributed by atoms with Crippen LogP contribution in [0.2, 0.25) is 0 Å². The fourth-order valence-electron chi connectivity index (χ4n) is 2.84. The monoisotopic (exact) mass is 385 g/mol. The van der Waals surface area contributed by atoms with Crippen molar-refractivity contribution in [2.75, 3.05) is 6.54 Å². The van der Waals surface area contributed by atoms with Gasteiger partial charge >= 0.3 is 12.1 Å². The molecule has 0 atom stereocenters. The topological polar surface area (TPSA) is 64.6 Å². The van der Waals surface area contributed by atoms with Crippen LogP contribution in [0.3, 0.4) is 0 Å². The Morgan fingerprint density at radius 3 is 1.89 bits per heavy atom. The number of hydrogen-bond donors (Lipinski definition) is 1. The number of hydrogen-bond acceptors (Lipinski definition) is 4. The molecule has 0 aliphatic heterocycles. The molecular weight excluding hydrogens is 342 g/mol. The lowest BCUT2D eigenvalue weighted by Gasteiger charge is -2.20. The molecule has 0 rings (SSSR count). The Bertz CT molecular complexity index is 378. The Morgan fingerprint density at radius 1 is 0.852 bits per heavy atom. The van der Waals surface area contributed by atoms with Crippen molar-refractivity contribution in [2.24, 2.45) is 0 Å². The van der Waals surface area contributed by atoms with Crippen molar-refractivity contribution in [1.29, 1.82) is 0 Å². The average Bonchev–Trinajstić information content (AvgIpc) is 2.57. The molecule has 0 aromatic carbocycles. The van der Waals surface area contributed by atoms with Gasteiger partial charge in [0.1, 0.15) is 11.7 Å². The van der Waals surface area contributed by atoms with Crippen molar-refractivity contribution in [3.05, 3.63) is 0 Å². The quantitative estimate of drug-likeness (QED) is 0.271. The maximum absolute atomic E-state index is 12.1. The summed E-state index contributed by atoms with van der Waals surface area (Å²) in [5.41, 5.74) is -0.508. The first-order valence-electron chi connectivity index (χ1n) is 10.9. The van der Waals surface area contributed by atoms with E-state index in [-0.39, 0.29) is 12.1 Å². The first-order chi connectivity index (χ1) is 12.8. The molecule has 0 radical (unpaired) electrons. The molecule has 5 heteroatoms. The van der Waals surface area contributed by atoms with Gasteiger partial charge in [0.25, 0.3) is 0 Å². The second-order valence-corrected chi connectivity index (χ2v) is 8.34. The molecule has 0 heterocycles. The van der Waals surface area contributed by atoms with Crippen LogP contribution >= 0.6 is 0 Å². The number of carbonyl (C=O) groups excluding carboxylic acids is 2. The normalized spacial score (nSPS) is 11.5. The van der Waals surface area contributed by atoms with Gasteiger partial charge in [-0.25, -0.2) is 4.79 Å². The highest BCUT2D eigenvalue weighted by Gasteiger charge is 2.16. The van der Waals surface area contributed by atoms with Gasteiger partial charge in [-0.15, -0.1) is 0 Å². The van der Waals surface area contributed by atoms with Crippen molar-refractivity contribution in [2.45, 2.75) is 123 Å². The summed E-state index contributed by atoms with van der Waals surface area (Å²) >= 11 is 0. The van der Waals surface area contributed by atoms with E-state index in [2.05, 4.69) is 19.2 Å². The molecule has 0 bridgehead atoms. The zero-order chi connectivity index (χ0) is 20.5. The molecule has 0 spiro atoms. The smallest absolute Gasteiger partial charge is 0.407 e. The van der Waals surface area contributed by atoms with Gasteiger partial charge in [0.05, 0.1) is 0 Å². The first-order valence-corrected chi connectivity index (χ1v) is 10.9. The van der Waals surface area contributed by atoms with Crippen LogP contribution in [0.4, 0.5) is 4.79 Å². The van der Waals surface area contributed by atoms with Crippen molar-refractivity contribution in [3.63, 3.8) is 0 Å². The molecule has 0 fully saturated rings. The lowest BCUT2D eigenvalue weighted by atomic mass is 10.0. The third-order valence-corrected chi connectivity index (χ3v) is 4.28. The van der Waals surface area contributed by atoms with E-state index in [4.69, 9.17) is 9.47 Å². The standard InChI is InChI=1S/C22H43NO4/c1-6-8-10-12-15-19(16-13-11-9-7-2)26-20(24)17-14-18-23-21(25)27-22(3,4)5/h19H,6-18H2,1-5H3,(H,23,25). The highest BCUT2D eigenvalue weighted by Crippen LogP contribution is 2.16. The minimum absolute atomic E-state index is 0.0463. The summed E-state index contributed by atoms with van der Waals surface area (Å²) in [6, 6.07) is 0. The third-order valence-electron chi connectivity index (χ3n) is 4.28. The fraction of sp³-hybridized carbons (Fsp3) is 0.909. The summed E-state index contributed by atoms with van der Waals surface area (Å²) in [4.78, 5) is 23.7. The highest BCUT2D eigenvalue weighted by atomic mass is 16.6. The van der Waals surface area contributed by atoms with E-state index < -0.39 is 11.7 Å². The van der Waals surface area contributed by atoms with Crippen LogP contribution in [0.15, 0.2) is 0 Å². The molecule has 27 heavy (non-hydrogen) atoms. The number of alkyl carbamates (subject to hydrolysis) is 1. The molecule has 0 unspecified atom stereocenters. The predicted octanol–water partition coefficient (Wildman–Crippen LogP) is 6.14. The van der Waals surface area contributed by atoms with Crippen LogP contribution in [0.5, 0.6) is 0 Å².